The van der Waals surface area contributed by atoms with Gasteiger partial charge in [0.15, 0.2) is 0 Å². The molecule has 7 nitrogen and oxygen atoms in total. The minimum Gasteiger partial charge on any atom is -0.497 e. The van der Waals surface area contributed by atoms with E-state index in [1.807, 2.05) is 29.2 Å². The third-order valence-corrected chi connectivity index (χ3v) is 3.96. The van der Waals surface area contributed by atoms with Crippen LogP contribution in [0.15, 0.2) is 53.1 Å². The van der Waals surface area contributed by atoms with Crippen molar-refractivity contribution in [2.45, 2.75) is 13.0 Å². The molecule has 0 saturated carbocycles. The summed E-state index contributed by atoms with van der Waals surface area (Å²) in [5, 5.41) is 3.94. The van der Waals surface area contributed by atoms with Gasteiger partial charge in [-0.1, -0.05) is 5.16 Å². The highest BCUT2D eigenvalue weighted by Crippen LogP contribution is 2.22. The van der Waals surface area contributed by atoms with Crippen molar-refractivity contribution >= 4 is 11.6 Å². The molecule has 140 valence electrons. The van der Waals surface area contributed by atoms with Gasteiger partial charge >= 0.3 is 0 Å². The predicted molar refractivity (Wildman–Crippen MR) is 97.5 cm³/mol. The number of hydrogen-bond donors (Lipinski definition) is 1. The summed E-state index contributed by atoms with van der Waals surface area (Å²) in [4.78, 5) is 17.5. The molecule has 3 rings (SSSR count). The summed E-state index contributed by atoms with van der Waals surface area (Å²) in [5.41, 5.74) is 6.79. The zero-order chi connectivity index (χ0) is 19.2. The molecule has 0 saturated heterocycles. The first-order valence-corrected chi connectivity index (χ1v) is 8.31. The minimum absolute atomic E-state index is 0.186. The second-order valence-corrected chi connectivity index (χ2v) is 5.85. The summed E-state index contributed by atoms with van der Waals surface area (Å²) in [6.07, 6.45) is 0.186. The number of hydrogen-bond acceptors (Lipinski definition) is 6. The lowest BCUT2D eigenvalue weighted by atomic mass is 10.2. The first-order valence-electron chi connectivity index (χ1n) is 8.31. The van der Waals surface area contributed by atoms with Gasteiger partial charge in [0.1, 0.15) is 11.6 Å². The highest BCUT2D eigenvalue weighted by Gasteiger charge is 2.15. The van der Waals surface area contributed by atoms with Crippen LogP contribution in [0.3, 0.4) is 0 Å². The molecular formula is C19H19FN4O3. The maximum atomic E-state index is 13.1. The van der Waals surface area contributed by atoms with Crippen LogP contribution in [-0.2, 0) is 11.3 Å². The van der Waals surface area contributed by atoms with Gasteiger partial charge in [-0.15, -0.1) is 0 Å². The van der Waals surface area contributed by atoms with Gasteiger partial charge in [-0.3, -0.25) is 4.79 Å². The van der Waals surface area contributed by atoms with Gasteiger partial charge in [0, 0.05) is 24.2 Å². The fourth-order valence-corrected chi connectivity index (χ4v) is 2.54. The summed E-state index contributed by atoms with van der Waals surface area (Å²) in [6.45, 7) is 0.698. The van der Waals surface area contributed by atoms with Crippen LogP contribution in [0, 0.1) is 5.82 Å². The number of carbonyl (C=O) groups excluding carboxylic acids is 1. The zero-order valence-corrected chi connectivity index (χ0v) is 14.8. The second kappa shape index (κ2) is 8.31. The normalized spacial score (nSPS) is 10.6. The zero-order valence-electron chi connectivity index (χ0n) is 14.8. The summed E-state index contributed by atoms with van der Waals surface area (Å²) in [7, 11) is 1.59. The van der Waals surface area contributed by atoms with Crippen molar-refractivity contribution in [2.24, 2.45) is 5.73 Å². The SMILES string of the molecule is COc1ccc(N(CCC(N)=O)Cc2nc(-c3ccc(F)cc3)no2)cc1. The Kier molecular flexibility index (Phi) is 5.65. The number of benzene rings is 2. The van der Waals surface area contributed by atoms with Crippen LogP contribution < -0.4 is 15.4 Å². The molecule has 0 bridgehead atoms. The molecular weight excluding hydrogens is 351 g/mol. The number of halogens is 1. The Bertz CT molecular complexity index is 894. The third-order valence-electron chi connectivity index (χ3n) is 3.96. The highest BCUT2D eigenvalue weighted by molar-refractivity contribution is 5.74. The van der Waals surface area contributed by atoms with Gasteiger partial charge in [0.2, 0.25) is 17.6 Å². The van der Waals surface area contributed by atoms with Crippen molar-refractivity contribution in [3.05, 3.63) is 60.2 Å². The number of nitrogens with two attached hydrogens (primary N) is 1. The molecule has 3 aromatic rings. The molecule has 1 aromatic heterocycles. The molecule has 0 fully saturated rings. The molecule has 2 N–H and O–H groups in total. The molecule has 0 aliphatic carbocycles. The van der Waals surface area contributed by atoms with Crippen molar-refractivity contribution < 1.29 is 18.4 Å². The number of aromatic nitrogens is 2. The number of carbonyl (C=O) groups is 1. The smallest absolute Gasteiger partial charge is 0.246 e. The standard InChI is InChI=1S/C19H19FN4O3/c1-26-16-8-6-15(7-9-16)24(11-10-17(21)25)12-18-22-19(23-27-18)13-2-4-14(20)5-3-13/h2-9H,10-12H2,1H3,(H2,21,25). The summed E-state index contributed by atoms with van der Waals surface area (Å²) in [6, 6.07) is 13.2. The van der Waals surface area contributed by atoms with Crippen molar-refractivity contribution in [3.63, 3.8) is 0 Å². The average molecular weight is 370 g/mol. The molecule has 0 spiro atoms. The fraction of sp³-hybridized carbons (Fsp3) is 0.211. The van der Waals surface area contributed by atoms with E-state index in [1.54, 1.807) is 19.2 Å². The number of anilines is 1. The number of amides is 1. The number of rotatable bonds is 8. The van der Waals surface area contributed by atoms with E-state index >= 15 is 0 Å². The van der Waals surface area contributed by atoms with E-state index in [9.17, 15) is 9.18 Å². The van der Waals surface area contributed by atoms with Gasteiger partial charge in [-0.25, -0.2) is 4.39 Å². The largest absolute Gasteiger partial charge is 0.497 e. The van der Waals surface area contributed by atoms with Crippen LogP contribution in [0.25, 0.3) is 11.4 Å². The molecule has 0 radical (unpaired) electrons. The van der Waals surface area contributed by atoms with E-state index in [2.05, 4.69) is 10.1 Å². The van der Waals surface area contributed by atoms with E-state index in [0.29, 0.717) is 30.4 Å². The topological polar surface area (TPSA) is 94.5 Å². The van der Waals surface area contributed by atoms with Gasteiger partial charge < -0.3 is 19.9 Å². The Morgan fingerprint density at radius 2 is 1.89 bits per heavy atom. The fourth-order valence-electron chi connectivity index (χ4n) is 2.54. The molecule has 2 aromatic carbocycles. The van der Waals surface area contributed by atoms with E-state index in [1.165, 1.54) is 12.1 Å². The van der Waals surface area contributed by atoms with Crippen molar-refractivity contribution in [2.75, 3.05) is 18.6 Å². The molecule has 0 unspecified atom stereocenters. The number of nitrogens with zero attached hydrogens (tertiary/aromatic N) is 3. The lowest BCUT2D eigenvalue weighted by molar-refractivity contribution is -0.117. The molecule has 8 heteroatoms. The Balaban J connectivity index is 1.78. The van der Waals surface area contributed by atoms with E-state index in [-0.39, 0.29) is 12.2 Å². The molecule has 0 aliphatic rings. The highest BCUT2D eigenvalue weighted by atomic mass is 19.1. The Morgan fingerprint density at radius 1 is 1.19 bits per heavy atom. The summed E-state index contributed by atoms with van der Waals surface area (Å²) in [5.74, 6) is 0.736. The summed E-state index contributed by atoms with van der Waals surface area (Å²) < 4.78 is 23.5. The van der Waals surface area contributed by atoms with Crippen molar-refractivity contribution in [1.82, 2.24) is 10.1 Å². The molecule has 27 heavy (non-hydrogen) atoms. The van der Waals surface area contributed by atoms with Crippen LogP contribution in [0.2, 0.25) is 0 Å². The monoisotopic (exact) mass is 370 g/mol. The minimum atomic E-state index is -0.397. The lowest BCUT2D eigenvalue weighted by Gasteiger charge is -2.22. The van der Waals surface area contributed by atoms with Crippen molar-refractivity contribution in [1.29, 1.82) is 0 Å². The van der Waals surface area contributed by atoms with E-state index < -0.39 is 5.91 Å². The van der Waals surface area contributed by atoms with Gasteiger partial charge in [0.05, 0.1) is 13.7 Å². The number of primary amides is 1. The summed E-state index contributed by atoms with van der Waals surface area (Å²) >= 11 is 0. The number of methoxy groups -OCH3 is 1. The first kappa shape index (κ1) is 18.4. The maximum absolute atomic E-state index is 13.1. The quantitative estimate of drug-likeness (QED) is 0.655. The van der Waals surface area contributed by atoms with E-state index in [4.69, 9.17) is 15.0 Å². The third kappa shape index (κ3) is 4.81. The van der Waals surface area contributed by atoms with Crippen LogP contribution >= 0.6 is 0 Å². The Morgan fingerprint density at radius 3 is 2.52 bits per heavy atom. The molecule has 1 amide bonds. The molecule has 1 heterocycles. The van der Waals surface area contributed by atoms with Gasteiger partial charge in [0.25, 0.3) is 0 Å². The van der Waals surface area contributed by atoms with Gasteiger partial charge in [-0.05, 0) is 48.5 Å². The second-order valence-electron chi connectivity index (χ2n) is 5.85. The van der Waals surface area contributed by atoms with Crippen LogP contribution in [0.5, 0.6) is 5.75 Å². The Labute approximate surface area is 155 Å². The van der Waals surface area contributed by atoms with Gasteiger partial charge in [-0.2, -0.15) is 4.98 Å². The maximum Gasteiger partial charge on any atom is 0.246 e. The number of ether oxygens (including phenoxy) is 1. The molecule has 0 atom stereocenters. The Hall–Kier alpha value is -3.42. The average Bonchev–Trinajstić information content (AvgIpc) is 3.14. The van der Waals surface area contributed by atoms with Crippen LogP contribution in [-0.4, -0.2) is 29.7 Å². The molecule has 0 aliphatic heterocycles. The predicted octanol–water partition coefficient (Wildman–Crippen LogP) is 2.77. The van der Waals surface area contributed by atoms with Crippen molar-refractivity contribution in [3.8, 4) is 17.1 Å². The first-order chi connectivity index (χ1) is 13.0. The van der Waals surface area contributed by atoms with E-state index in [0.717, 1.165) is 11.4 Å². The van der Waals surface area contributed by atoms with Crippen LogP contribution in [0.4, 0.5) is 10.1 Å². The van der Waals surface area contributed by atoms with Crippen LogP contribution in [0.1, 0.15) is 12.3 Å². The lowest BCUT2D eigenvalue weighted by Crippen LogP contribution is -2.27.